The molecule has 1 saturated heterocycles. The number of hydrogen-bond acceptors (Lipinski definition) is 2. The molecule has 1 N–H and O–H groups in total. The smallest absolute Gasteiger partial charge is 0.0193 e. The topological polar surface area (TPSA) is 15.3 Å². The van der Waals surface area contributed by atoms with Gasteiger partial charge in [0.1, 0.15) is 0 Å². The van der Waals surface area contributed by atoms with E-state index in [4.69, 9.17) is 0 Å². The molecule has 1 saturated carbocycles. The molecule has 0 amide bonds. The molecule has 2 aliphatic rings. The monoisotopic (exact) mass is 224 g/mol. The zero-order chi connectivity index (χ0) is 11.4. The van der Waals surface area contributed by atoms with Crippen LogP contribution < -0.4 is 5.32 Å². The van der Waals surface area contributed by atoms with E-state index in [0.29, 0.717) is 6.04 Å². The van der Waals surface area contributed by atoms with Crippen LogP contribution in [0, 0.1) is 5.92 Å². The van der Waals surface area contributed by atoms with E-state index in [2.05, 4.69) is 24.1 Å². The van der Waals surface area contributed by atoms with Crippen molar-refractivity contribution in [1.29, 1.82) is 0 Å². The van der Waals surface area contributed by atoms with Gasteiger partial charge >= 0.3 is 0 Å². The highest BCUT2D eigenvalue weighted by atomic mass is 15.2. The van der Waals surface area contributed by atoms with E-state index in [-0.39, 0.29) is 0 Å². The zero-order valence-corrected chi connectivity index (χ0v) is 11.0. The van der Waals surface area contributed by atoms with Crippen LogP contribution in [0.4, 0.5) is 0 Å². The van der Waals surface area contributed by atoms with Crippen molar-refractivity contribution in [2.45, 2.75) is 64.5 Å². The Morgan fingerprint density at radius 3 is 2.62 bits per heavy atom. The largest absolute Gasteiger partial charge is 0.311 e. The Hall–Kier alpha value is -0.0800. The van der Waals surface area contributed by atoms with Gasteiger partial charge in [0.15, 0.2) is 0 Å². The van der Waals surface area contributed by atoms with Gasteiger partial charge in [0, 0.05) is 25.2 Å². The first kappa shape index (κ1) is 12.4. The molecule has 2 atom stereocenters. The fourth-order valence-electron chi connectivity index (χ4n) is 3.23. The quantitative estimate of drug-likeness (QED) is 0.793. The molecule has 0 aromatic heterocycles. The summed E-state index contributed by atoms with van der Waals surface area (Å²) in [4.78, 5) is 2.69. The van der Waals surface area contributed by atoms with E-state index in [9.17, 15) is 0 Å². The van der Waals surface area contributed by atoms with Crippen LogP contribution in [0.2, 0.25) is 0 Å². The van der Waals surface area contributed by atoms with Gasteiger partial charge < -0.3 is 5.32 Å². The summed E-state index contributed by atoms with van der Waals surface area (Å²) in [5, 5.41) is 3.56. The summed E-state index contributed by atoms with van der Waals surface area (Å²) in [5.41, 5.74) is 0. The second kappa shape index (κ2) is 6.02. The van der Waals surface area contributed by atoms with Crippen molar-refractivity contribution in [3.8, 4) is 0 Å². The van der Waals surface area contributed by atoms with Gasteiger partial charge in [-0.25, -0.2) is 0 Å². The third kappa shape index (κ3) is 3.46. The Labute approximate surface area is 101 Å². The van der Waals surface area contributed by atoms with E-state index in [1.54, 1.807) is 0 Å². The standard InChI is InChI=1S/C14H28N2/c1-12-11-16(13(2)10-15-12)9-8-14-6-4-3-5-7-14/h12-15H,3-11H2,1-2H3. The van der Waals surface area contributed by atoms with Crippen molar-refractivity contribution >= 4 is 0 Å². The summed E-state index contributed by atoms with van der Waals surface area (Å²) in [6, 6.07) is 1.42. The third-order valence-corrected chi connectivity index (χ3v) is 4.44. The average molecular weight is 224 g/mol. The van der Waals surface area contributed by atoms with Crippen molar-refractivity contribution in [2.75, 3.05) is 19.6 Å². The first-order valence-corrected chi connectivity index (χ1v) is 7.23. The van der Waals surface area contributed by atoms with Crippen LogP contribution in [0.15, 0.2) is 0 Å². The Kier molecular flexibility index (Phi) is 4.66. The normalized spacial score (nSPS) is 34.1. The minimum atomic E-state index is 0.683. The lowest BCUT2D eigenvalue weighted by Crippen LogP contribution is -2.54. The van der Waals surface area contributed by atoms with E-state index in [1.165, 1.54) is 58.2 Å². The van der Waals surface area contributed by atoms with Gasteiger partial charge in [-0.05, 0) is 32.7 Å². The van der Waals surface area contributed by atoms with Gasteiger partial charge in [0.2, 0.25) is 0 Å². The van der Waals surface area contributed by atoms with Crippen molar-refractivity contribution < 1.29 is 0 Å². The van der Waals surface area contributed by atoms with Crippen LogP contribution in [-0.4, -0.2) is 36.6 Å². The summed E-state index contributed by atoms with van der Waals surface area (Å²) in [7, 11) is 0. The maximum atomic E-state index is 3.56. The Bertz CT molecular complexity index is 199. The summed E-state index contributed by atoms with van der Waals surface area (Å²) < 4.78 is 0. The first-order valence-electron chi connectivity index (χ1n) is 7.23. The molecule has 0 spiro atoms. The zero-order valence-electron chi connectivity index (χ0n) is 11.0. The molecule has 1 heterocycles. The predicted molar refractivity (Wildman–Crippen MR) is 69.7 cm³/mol. The van der Waals surface area contributed by atoms with Gasteiger partial charge in [-0.2, -0.15) is 0 Å². The van der Waals surface area contributed by atoms with Gasteiger partial charge in [-0.3, -0.25) is 4.90 Å². The summed E-state index contributed by atoms with van der Waals surface area (Å²) in [6.07, 6.45) is 8.89. The van der Waals surface area contributed by atoms with E-state index >= 15 is 0 Å². The van der Waals surface area contributed by atoms with Gasteiger partial charge in [-0.15, -0.1) is 0 Å². The molecule has 16 heavy (non-hydrogen) atoms. The van der Waals surface area contributed by atoms with Crippen LogP contribution in [0.1, 0.15) is 52.4 Å². The number of piperazine rings is 1. The second-order valence-corrected chi connectivity index (χ2v) is 5.95. The maximum Gasteiger partial charge on any atom is 0.0193 e. The minimum absolute atomic E-state index is 0.683. The highest BCUT2D eigenvalue weighted by Gasteiger charge is 2.23. The van der Waals surface area contributed by atoms with Crippen LogP contribution in [-0.2, 0) is 0 Å². The minimum Gasteiger partial charge on any atom is -0.311 e. The highest BCUT2D eigenvalue weighted by Crippen LogP contribution is 2.26. The lowest BCUT2D eigenvalue weighted by molar-refractivity contribution is 0.133. The van der Waals surface area contributed by atoms with Crippen LogP contribution in [0.25, 0.3) is 0 Å². The molecule has 2 rings (SSSR count). The van der Waals surface area contributed by atoms with Crippen LogP contribution >= 0.6 is 0 Å². The summed E-state index contributed by atoms with van der Waals surface area (Å²) in [6.45, 7) is 8.41. The Morgan fingerprint density at radius 2 is 1.88 bits per heavy atom. The van der Waals surface area contributed by atoms with Gasteiger partial charge in [-0.1, -0.05) is 32.1 Å². The van der Waals surface area contributed by atoms with E-state index < -0.39 is 0 Å². The summed E-state index contributed by atoms with van der Waals surface area (Å²) >= 11 is 0. The molecule has 0 aromatic carbocycles. The molecule has 2 unspecified atom stereocenters. The molecule has 94 valence electrons. The molecule has 2 fully saturated rings. The number of hydrogen-bond donors (Lipinski definition) is 1. The fourth-order valence-corrected chi connectivity index (χ4v) is 3.23. The Balaban J connectivity index is 1.71. The van der Waals surface area contributed by atoms with Crippen LogP contribution in [0.5, 0.6) is 0 Å². The average Bonchev–Trinajstić information content (AvgIpc) is 2.32. The molecule has 0 bridgehead atoms. The van der Waals surface area contributed by atoms with Crippen molar-refractivity contribution in [3.05, 3.63) is 0 Å². The molecule has 2 heteroatoms. The summed E-state index contributed by atoms with van der Waals surface area (Å²) in [5.74, 6) is 1.03. The lowest BCUT2D eigenvalue weighted by atomic mass is 9.87. The third-order valence-electron chi connectivity index (χ3n) is 4.44. The van der Waals surface area contributed by atoms with Crippen molar-refractivity contribution in [1.82, 2.24) is 10.2 Å². The highest BCUT2D eigenvalue weighted by molar-refractivity contribution is 4.82. The van der Waals surface area contributed by atoms with Crippen molar-refractivity contribution in [2.24, 2.45) is 5.92 Å². The molecule has 1 aliphatic heterocycles. The molecule has 1 aliphatic carbocycles. The maximum absolute atomic E-state index is 3.56. The fraction of sp³-hybridized carbons (Fsp3) is 1.00. The Morgan fingerprint density at radius 1 is 1.12 bits per heavy atom. The molecule has 0 radical (unpaired) electrons. The lowest BCUT2D eigenvalue weighted by Gasteiger charge is -2.38. The number of rotatable bonds is 3. The van der Waals surface area contributed by atoms with Crippen molar-refractivity contribution in [3.63, 3.8) is 0 Å². The second-order valence-electron chi connectivity index (χ2n) is 5.95. The van der Waals surface area contributed by atoms with Crippen LogP contribution in [0.3, 0.4) is 0 Å². The predicted octanol–water partition coefficient (Wildman–Crippen LogP) is 2.64. The number of nitrogens with one attached hydrogen (secondary N) is 1. The molecule has 2 nitrogen and oxygen atoms in total. The van der Waals surface area contributed by atoms with Gasteiger partial charge in [0.25, 0.3) is 0 Å². The SMILES string of the molecule is CC1CN(CCC2CCCCC2)C(C)CN1. The molecular weight excluding hydrogens is 196 g/mol. The first-order chi connectivity index (χ1) is 7.75. The number of nitrogens with zero attached hydrogens (tertiary/aromatic N) is 1. The van der Waals surface area contributed by atoms with E-state index in [0.717, 1.165) is 12.0 Å². The molecule has 0 aromatic rings. The van der Waals surface area contributed by atoms with E-state index in [1.807, 2.05) is 0 Å². The molecular formula is C14H28N2. The van der Waals surface area contributed by atoms with Gasteiger partial charge in [0.05, 0.1) is 0 Å².